The molecule has 0 unspecified atom stereocenters. The summed E-state index contributed by atoms with van der Waals surface area (Å²) in [6, 6.07) is 12.0. The second kappa shape index (κ2) is 7.85. The molecule has 0 saturated carbocycles. The molecule has 9 heteroatoms. The van der Waals surface area contributed by atoms with Crippen LogP contribution in [-0.2, 0) is 15.8 Å². The summed E-state index contributed by atoms with van der Waals surface area (Å²) in [6.45, 7) is 1.12. The molecule has 27 heavy (non-hydrogen) atoms. The van der Waals surface area contributed by atoms with Gasteiger partial charge in [-0.3, -0.25) is 14.9 Å². The van der Waals surface area contributed by atoms with Gasteiger partial charge in [0.15, 0.2) is 0 Å². The molecule has 142 valence electrons. The van der Waals surface area contributed by atoms with Crippen LogP contribution in [0, 0.1) is 10.1 Å². The van der Waals surface area contributed by atoms with Crippen molar-refractivity contribution >= 4 is 27.3 Å². The highest BCUT2D eigenvalue weighted by Gasteiger charge is 2.25. The first-order valence-electron chi connectivity index (χ1n) is 8.48. The molecule has 1 heterocycles. The molecule has 0 atom stereocenters. The van der Waals surface area contributed by atoms with E-state index in [-0.39, 0.29) is 11.4 Å². The number of nitro benzene ring substituents is 1. The maximum Gasteiger partial charge on any atom is 0.271 e. The van der Waals surface area contributed by atoms with Crippen molar-refractivity contribution < 1.29 is 18.1 Å². The first kappa shape index (κ1) is 19.0. The number of nitrogens with zero attached hydrogens (tertiary/aromatic N) is 2. The highest BCUT2D eigenvalue weighted by Crippen LogP contribution is 2.19. The molecule has 1 aliphatic rings. The molecule has 2 aromatic rings. The lowest BCUT2D eigenvalue weighted by Gasteiger charge is -2.15. The number of nitrogens with one attached hydrogen (secondary N) is 1. The minimum absolute atomic E-state index is 0.0974. The molecular formula is C18H19N3O5S. The summed E-state index contributed by atoms with van der Waals surface area (Å²) in [5, 5.41) is 13.4. The van der Waals surface area contributed by atoms with E-state index in [2.05, 4.69) is 5.32 Å². The van der Waals surface area contributed by atoms with Gasteiger partial charge in [-0.15, -0.1) is 0 Å². The summed E-state index contributed by atoms with van der Waals surface area (Å²) in [6.07, 6.45) is 1.77. The fourth-order valence-corrected chi connectivity index (χ4v) is 4.53. The molecule has 1 aliphatic heterocycles. The second-order valence-corrected chi connectivity index (χ2v) is 8.29. The van der Waals surface area contributed by atoms with Gasteiger partial charge in [0.05, 0.1) is 10.7 Å². The number of amides is 1. The lowest BCUT2D eigenvalue weighted by atomic mass is 10.1. The van der Waals surface area contributed by atoms with Crippen molar-refractivity contribution in [3.8, 4) is 0 Å². The standard InChI is InChI=1S/C18H19N3O5S/c22-18(19-16-4-3-5-17(12-16)21(23)24)15-8-6-14(7-9-15)13-27(25,26)20-10-1-2-11-20/h3-9,12H,1-2,10-11,13H2,(H,19,22). The molecule has 1 fully saturated rings. The summed E-state index contributed by atoms with van der Waals surface area (Å²) >= 11 is 0. The Kier molecular flexibility index (Phi) is 5.52. The van der Waals surface area contributed by atoms with E-state index in [4.69, 9.17) is 0 Å². The third-order valence-corrected chi connectivity index (χ3v) is 6.19. The quantitative estimate of drug-likeness (QED) is 0.603. The first-order valence-corrected chi connectivity index (χ1v) is 10.1. The molecule has 1 saturated heterocycles. The van der Waals surface area contributed by atoms with Gasteiger partial charge in [-0.25, -0.2) is 12.7 Å². The molecule has 1 amide bonds. The molecule has 0 aliphatic carbocycles. The number of hydrogen-bond acceptors (Lipinski definition) is 5. The van der Waals surface area contributed by atoms with Crippen molar-refractivity contribution in [1.29, 1.82) is 0 Å². The number of carbonyl (C=O) groups is 1. The fourth-order valence-electron chi connectivity index (χ4n) is 2.92. The van der Waals surface area contributed by atoms with Crippen LogP contribution in [0.2, 0.25) is 0 Å². The number of carbonyl (C=O) groups excluding carboxylic acids is 1. The van der Waals surface area contributed by atoms with Gasteiger partial charge in [-0.05, 0) is 36.6 Å². The van der Waals surface area contributed by atoms with Gasteiger partial charge >= 0.3 is 0 Å². The topological polar surface area (TPSA) is 110 Å². The van der Waals surface area contributed by atoms with Crippen molar-refractivity contribution in [2.24, 2.45) is 0 Å². The van der Waals surface area contributed by atoms with E-state index < -0.39 is 20.9 Å². The SMILES string of the molecule is O=C(Nc1cccc([N+](=O)[O-])c1)c1ccc(CS(=O)(=O)N2CCCC2)cc1. The smallest absolute Gasteiger partial charge is 0.271 e. The van der Waals surface area contributed by atoms with Crippen LogP contribution in [0.5, 0.6) is 0 Å². The van der Waals surface area contributed by atoms with E-state index in [1.165, 1.54) is 22.5 Å². The van der Waals surface area contributed by atoms with Gasteiger partial charge in [0.2, 0.25) is 10.0 Å². The predicted molar refractivity (Wildman–Crippen MR) is 101 cm³/mol. The van der Waals surface area contributed by atoms with Gasteiger partial charge < -0.3 is 5.32 Å². The first-order chi connectivity index (χ1) is 12.8. The average molecular weight is 389 g/mol. The van der Waals surface area contributed by atoms with Crippen LogP contribution in [0.25, 0.3) is 0 Å². The Bertz CT molecular complexity index is 951. The Morgan fingerprint density at radius 3 is 2.41 bits per heavy atom. The molecule has 8 nitrogen and oxygen atoms in total. The molecule has 1 N–H and O–H groups in total. The molecule has 0 bridgehead atoms. The number of nitro groups is 1. The Morgan fingerprint density at radius 1 is 1.11 bits per heavy atom. The van der Waals surface area contributed by atoms with Crippen LogP contribution in [-0.4, -0.2) is 36.6 Å². The van der Waals surface area contributed by atoms with E-state index in [0.717, 1.165) is 12.8 Å². The van der Waals surface area contributed by atoms with E-state index in [0.29, 0.717) is 29.9 Å². The monoisotopic (exact) mass is 389 g/mol. The Morgan fingerprint density at radius 2 is 1.78 bits per heavy atom. The Labute approximate surface area is 157 Å². The largest absolute Gasteiger partial charge is 0.322 e. The summed E-state index contributed by atoms with van der Waals surface area (Å²) in [5.41, 5.74) is 1.14. The minimum atomic E-state index is -3.34. The van der Waals surface area contributed by atoms with Crippen LogP contribution in [0.1, 0.15) is 28.8 Å². The van der Waals surface area contributed by atoms with Crippen molar-refractivity contribution in [3.63, 3.8) is 0 Å². The summed E-state index contributed by atoms with van der Waals surface area (Å²) in [7, 11) is -3.34. The third-order valence-electron chi connectivity index (χ3n) is 4.34. The van der Waals surface area contributed by atoms with Gasteiger partial charge in [0.25, 0.3) is 11.6 Å². The average Bonchev–Trinajstić information content (AvgIpc) is 3.18. The summed E-state index contributed by atoms with van der Waals surface area (Å²) in [5.74, 6) is -0.524. The van der Waals surface area contributed by atoms with Gasteiger partial charge in [0.1, 0.15) is 0 Å². The van der Waals surface area contributed by atoms with Crippen molar-refractivity contribution in [2.45, 2.75) is 18.6 Å². The van der Waals surface area contributed by atoms with E-state index in [1.807, 2.05) is 0 Å². The predicted octanol–water partition coefficient (Wildman–Crippen LogP) is 2.77. The third kappa shape index (κ3) is 4.69. The highest BCUT2D eigenvalue weighted by atomic mass is 32.2. The van der Waals surface area contributed by atoms with E-state index >= 15 is 0 Å². The van der Waals surface area contributed by atoms with Crippen molar-refractivity contribution in [1.82, 2.24) is 4.31 Å². The number of sulfonamides is 1. The van der Waals surface area contributed by atoms with Crippen LogP contribution >= 0.6 is 0 Å². The highest BCUT2D eigenvalue weighted by molar-refractivity contribution is 7.88. The number of anilines is 1. The Balaban J connectivity index is 1.67. The lowest BCUT2D eigenvalue weighted by molar-refractivity contribution is -0.384. The molecule has 0 radical (unpaired) electrons. The van der Waals surface area contributed by atoms with E-state index in [1.54, 1.807) is 30.3 Å². The van der Waals surface area contributed by atoms with Gasteiger partial charge in [-0.1, -0.05) is 18.2 Å². The Hall–Kier alpha value is -2.78. The van der Waals surface area contributed by atoms with Crippen LogP contribution in [0.3, 0.4) is 0 Å². The number of benzene rings is 2. The normalized spacial score (nSPS) is 14.8. The lowest BCUT2D eigenvalue weighted by Crippen LogP contribution is -2.29. The summed E-state index contributed by atoms with van der Waals surface area (Å²) < 4.78 is 26.2. The maximum atomic E-state index is 12.3. The summed E-state index contributed by atoms with van der Waals surface area (Å²) in [4.78, 5) is 22.6. The molecular weight excluding hydrogens is 370 g/mol. The van der Waals surface area contributed by atoms with Gasteiger partial charge in [0, 0.05) is 36.5 Å². The van der Waals surface area contributed by atoms with Gasteiger partial charge in [-0.2, -0.15) is 0 Å². The number of hydrogen-bond donors (Lipinski definition) is 1. The van der Waals surface area contributed by atoms with Crippen LogP contribution < -0.4 is 5.32 Å². The van der Waals surface area contributed by atoms with Crippen LogP contribution in [0.4, 0.5) is 11.4 Å². The molecule has 2 aromatic carbocycles. The molecule has 3 rings (SSSR count). The molecule has 0 aromatic heterocycles. The minimum Gasteiger partial charge on any atom is -0.322 e. The number of rotatable bonds is 6. The number of non-ortho nitro benzene ring substituents is 1. The van der Waals surface area contributed by atoms with Crippen LogP contribution in [0.15, 0.2) is 48.5 Å². The molecule has 0 spiro atoms. The maximum absolute atomic E-state index is 12.3. The zero-order valence-corrected chi connectivity index (χ0v) is 15.3. The second-order valence-electron chi connectivity index (χ2n) is 6.32. The van der Waals surface area contributed by atoms with Crippen molar-refractivity contribution in [3.05, 3.63) is 69.8 Å². The zero-order chi connectivity index (χ0) is 19.4. The fraction of sp³-hybridized carbons (Fsp3) is 0.278. The zero-order valence-electron chi connectivity index (χ0n) is 14.5. The van der Waals surface area contributed by atoms with E-state index in [9.17, 15) is 23.3 Å². The van der Waals surface area contributed by atoms with Crippen molar-refractivity contribution in [2.75, 3.05) is 18.4 Å².